The molecule has 0 aliphatic heterocycles. The summed E-state index contributed by atoms with van der Waals surface area (Å²) in [6.45, 7) is 4.02. The topological polar surface area (TPSA) is 84.3 Å². The molecule has 0 radical (unpaired) electrons. The number of carbonyl (C=O) groups excluding carboxylic acids is 1. The predicted octanol–water partition coefficient (Wildman–Crippen LogP) is 2.35. The third kappa shape index (κ3) is 3.90. The van der Waals surface area contributed by atoms with Gasteiger partial charge in [0.2, 0.25) is 5.91 Å². The summed E-state index contributed by atoms with van der Waals surface area (Å²) >= 11 is 5.82. The highest BCUT2D eigenvalue weighted by Gasteiger charge is 2.18. The average molecular weight is 286 g/mol. The molecule has 1 atom stereocenters. The van der Waals surface area contributed by atoms with Crippen molar-refractivity contribution in [1.29, 1.82) is 0 Å². The number of aryl methyl sites for hydroxylation is 1. The molecule has 19 heavy (non-hydrogen) atoms. The third-order valence-electron chi connectivity index (χ3n) is 2.71. The van der Waals surface area contributed by atoms with E-state index in [1.54, 1.807) is 20.9 Å². The number of anilines is 1. The summed E-state index contributed by atoms with van der Waals surface area (Å²) in [5.41, 5.74) is 0.921. The first kappa shape index (κ1) is 15.4. The van der Waals surface area contributed by atoms with Gasteiger partial charge in [-0.2, -0.15) is 0 Å². The minimum absolute atomic E-state index is 0.00664. The van der Waals surface area contributed by atoms with E-state index in [2.05, 4.69) is 10.6 Å². The van der Waals surface area contributed by atoms with Gasteiger partial charge >= 0.3 is 0 Å². The van der Waals surface area contributed by atoms with Crippen molar-refractivity contribution in [1.82, 2.24) is 5.32 Å². The smallest absolute Gasteiger partial charge is 0.288 e. The van der Waals surface area contributed by atoms with Crippen LogP contribution in [0.5, 0.6) is 0 Å². The van der Waals surface area contributed by atoms with Gasteiger partial charge in [0.15, 0.2) is 0 Å². The van der Waals surface area contributed by atoms with Gasteiger partial charge in [-0.3, -0.25) is 14.9 Å². The fraction of sp³-hybridized carbons (Fsp3) is 0.417. The number of amides is 1. The van der Waals surface area contributed by atoms with Crippen LogP contribution in [0.3, 0.4) is 0 Å². The Hall–Kier alpha value is -1.66. The van der Waals surface area contributed by atoms with Crippen LogP contribution < -0.4 is 10.6 Å². The predicted molar refractivity (Wildman–Crippen MR) is 74.6 cm³/mol. The number of hydrogen-bond donors (Lipinski definition) is 2. The van der Waals surface area contributed by atoms with E-state index in [4.69, 9.17) is 11.6 Å². The van der Waals surface area contributed by atoms with Crippen LogP contribution in [0.15, 0.2) is 12.1 Å². The number of hydrogen-bond acceptors (Lipinski definition) is 4. The number of rotatable bonds is 5. The molecule has 1 aromatic rings. The summed E-state index contributed by atoms with van der Waals surface area (Å²) in [5, 5.41) is 16.4. The minimum atomic E-state index is -0.551. The lowest BCUT2D eigenvalue weighted by Crippen LogP contribution is -2.28. The van der Waals surface area contributed by atoms with Crippen molar-refractivity contribution in [3.63, 3.8) is 0 Å². The summed E-state index contributed by atoms with van der Waals surface area (Å²) in [7, 11) is 1.76. The van der Waals surface area contributed by atoms with Crippen LogP contribution in [-0.4, -0.2) is 24.4 Å². The van der Waals surface area contributed by atoms with E-state index in [0.717, 1.165) is 0 Å². The lowest BCUT2D eigenvalue weighted by Gasteiger charge is -2.13. The van der Waals surface area contributed by atoms with Crippen molar-refractivity contribution in [2.24, 2.45) is 5.92 Å². The van der Waals surface area contributed by atoms with Crippen molar-refractivity contribution in [2.45, 2.75) is 13.8 Å². The molecule has 0 aliphatic rings. The van der Waals surface area contributed by atoms with E-state index in [0.29, 0.717) is 17.8 Å². The quantitative estimate of drug-likeness (QED) is 0.642. The number of benzene rings is 1. The number of nitrogens with one attached hydrogen (secondary N) is 2. The molecular weight excluding hydrogens is 270 g/mol. The summed E-state index contributed by atoms with van der Waals surface area (Å²) in [6.07, 6.45) is 0. The van der Waals surface area contributed by atoms with Crippen LogP contribution in [0.2, 0.25) is 5.02 Å². The van der Waals surface area contributed by atoms with Gasteiger partial charge in [0.25, 0.3) is 5.69 Å². The van der Waals surface area contributed by atoms with E-state index in [-0.39, 0.29) is 22.5 Å². The third-order valence-corrected chi connectivity index (χ3v) is 3.01. The Balaban J connectivity index is 2.94. The molecule has 104 valence electrons. The first-order valence-corrected chi connectivity index (χ1v) is 6.14. The first-order valence-electron chi connectivity index (χ1n) is 5.76. The monoisotopic (exact) mass is 285 g/mol. The van der Waals surface area contributed by atoms with E-state index in [1.807, 2.05) is 0 Å². The van der Waals surface area contributed by atoms with E-state index in [1.165, 1.54) is 12.1 Å². The molecule has 0 saturated carbocycles. The summed E-state index contributed by atoms with van der Waals surface area (Å²) < 4.78 is 0. The molecule has 0 heterocycles. The maximum atomic E-state index is 11.9. The van der Waals surface area contributed by atoms with Crippen LogP contribution in [0, 0.1) is 23.0 Å². The Morgan fingerprint density at radius 1 is 1.53 bits per heavy atom. The van der Waals surface area contributed by atoms with Crippen molar-refractivity contribution in [2.75, 3.05) is 18.9 Å². The van der Waals surface area contributed by atoms with E-state index < -0.39 is 4.92 Å². The van der Waals surface area contributed by atoms with Gasteiger partial charge in [-0.05, 0) is 25.6 Å². The van der Waals surface area contributed by atoms with Crippen molar-refractivity contribution in [3.8, 4) is 0 Å². The maximum Gasteiger partial charge on any atom is 0.288 e. The first-order chi connectivity index (χ1) is 8.86. The fourth-order valence-electron chi connectivity index (χ4n) is 1.60. The largest absolute Gasteiger partial charge is 0.326 e. The zero-order valence-electron chi connectivity index (χ0n) is 11.0. The zero-order chi connectivity index (χ0) is 14.6. The van der Waals surface area contributed by atoms with Gasteiger partial charge in [0.05, 0.1) is 4.92 Å². The highest BCUT2D eigenvalue weighted by atomic mass is 35.5. The Morgan fingerprint density at radius 3 is 2.68 bits per heavy atom. The Labute approximate surface area is 116 Å². The molecule has 1 aromatic carbocycles. The number of halogens is 1. The van der Waals surface area contributed by atoms with Gasteiger partial charge in [0, 0.05) is 24.2 Å². The van der Waals surface area contributed by atoms with Crippen LogP contribution in [0.1, 0.15) is 12.5 Å². The number of nitro groups is 1. The van der Waals surface area contributed by atoms with Crippen molar-refractivity contribution < 1.29 is 9.72 Å². The molecule has 0 aromatic heterocycles. The highest BCUT2D eigenvalue weighted by molar-refractivity contribution is 6.33. The minimum Gasteiger partial charge on any atom is -0.326 e. The second-order valence-corrected chi connectivity index (χ2v) is 4.73. The summed E-state index contributed by atoms with van der Waals surface area (Å²) in [4.78, 5) is 22.0. The Morgan fingerprint density at radius 2 is 2.16 bits per heavy atom. The lowest BCUT2D eigenvalue weighted by molar-refractivity contribution is -0.384. The molecule has 6 nitrogen and oxygen atoms in total. The molecule has 0 fully saturated rings. The second kappa shape index (κ2) is 6.49. The summed E-state index contributed by atoms with van der Waals surface area (Å²) in [6, 6.07) is 2.75. The second-order valence-electron chi connectivity index (χ2n) is 4.32. The number of carbonyl (C=O) groups is 1. The molecule has 0 aliphatic carbocycles. The normalized spacial score (nSPS) is 12.0. The van der Waals surface area contributed by atoms with Crippen molar-refractivity contribution >= 4 is 28.9 Å². The molecule has 0 bridgehead atoms. The van der Waals surface area contributed by atoms with Gasteiger partial charge in [-0.15, -0.1) is 0 Å². The number of nitrogens with zero attached hydrogens (tertiary/aromatic N) is 1. The Kier molecular flexibility index (Phi) is 5.26. The van der Waals surface area contributed by atoms with Crippen LogP contribution >= 0.6 is 11.6 Å². The average Bonchev–Trinajstić information content (AvgIpc) is 2.33. The maximum absolute atomic E-state index is 11.9. The molecule has 2 N–H and O–H groups in total. The molecule has 1 amide bonds. The standard InChI is InChI=1S/C12H16ClN3O3/c1-7-4-11(16(18)19)9(13)5-10(7)15-12(17)8(2)6-14-3/h4-5,8,14H,6H2,1-3H3,(H,15,17). The van der Waals surface area contributed by atoms with Crippen LogP contribution in [0.25, 0.3) is 0 Å². The zero-order valence-corrected chi connectivity index (χ0v) is 11.7. The van der Waals surface area contributed by atoms with E-state index in [9.17, 15) is 14.9 Å². The molecule has 7 heteroatoms. The molecule has 1 rings (SSSR count). The van der Waals surface area contributed by atoms with Crippen LogP contribution in [-0.2, 0) is 4.79 Å². The van der Waals surface area contributed by atoms with Gasteiger partial charge < -0.3 is 10.6 Å². The highest BCUT2D eigenvalue weighted by Crippen LogP contribution is 2.30. The molecular formula is C12H16ClN3O3. The number of nitro benzene ring substituents is 1. The van der Waals surface area contributed by atoms with Gasteiger partial charge in [0.1, 0.15) is 5.02 Å². The SMILES string of the molecule is CNCC(C)C(=O)Nc1cc(Cl)c([N+](=O)[O-])cc1C. The lowest BCUT2D eigenvalue weighted by atomic mass is 10.1. The van der Waals surface area contributed by atoms with Crippen molar-refractivity contribution in [3.05, 3.63) is 32.8 Å². The van der Waals surface area contributed by atoms with Gasteiger partial charge in [-0.25, -0.2) is 0 Å². The fourth-order valence-corrected chi connectivity index (χ4v) is 1.83. The van der Waals surface area contributed by atoms with Gasteiger partial charge in [-0.1, -0.05) is 18.5 Å². The van der Waals surface area contributed by atoms with Crippen LogP contribution in [0.4, 0.5) is 11.4 Å². The molecule has 0 saturated heterocycles. The Bertz CT molecular complexity index is 505. The van der Waals surface area contributed by atoms with E-state index >= 15 is 0 Å². The molecule has 1 unspecified atom stereocenters. The molecule has 0 spiro atoms. The summed E-state index contributed by atoms with van der Waals surface area (Å²) in [5.74, 6) is -0.374.